The Morgan fingerprint density at radius 3 is 1.38 bits per heavy atom. The van der Waals surface area contributed by atoms with Gasteiger partial charge in [-0.1, -0.05) is 84.9 Å². The zero-order chi connectivity index (χ0) is 61.8. The maximum Gasteiger partial charge on any atom is 0.501 e. The Kier molecular flexibility index (Phi) is 21.1. The van der Waals surface area contributed by atoms with Gasteiger partial charge in [0.05, 0.1) is 33.7 Å². The number of ether oxygens (including phenoxy) is 1. The smallest absolute Gasteiger partial charge is 0.460 e. The van der Waals surface area contributed by atoms with Gasteiger partial charge in [-0.25, -0.2) is 8.42 Å². The van der Waals surface area contributed by atoms with Gasteiger partial charge < -0.3 is 33.5 Å². The number of amides is 1. The molecule has 2 heterocycles. The maximum absolute atomic E-state index is 14.2. The minimum absolute atomic E-state index is 0.0615. The van der Waals surface area contributed by atoms with Crippen LogP contribution in [-0.4, -0.2) is 110 Å². The van der Waals surface area contributed by atoms with Crippen molar-refractivity contribution in [3.63, 3.8) is 0 Å². The minimum Gasteiger partial charge on any atom is -0.460 e. The third-order valence-electron chi connectivity index (χ3n) is 14.9. The van der Waals surface area contributed by atoms with Crippen molar-refractivity contribution in [1.82, 2.24) is 15.1 Å². The fourth-order valence-corrected chi connectivity index (χ4v) is 10.2. The molecule has 446 valence electrons. The van der Waals surface area contributed by atoms with Crippen LogP contribution in [0.3, 0.4) is 0 Å². The van der Waals surface area contributed by atoms with Crippen LogP contribution in [0.1, 0.15) is 124 Å². The van der Waals surface area contributed by atoms with E-state index in [0.717, 1.165) is 61.4 Å². The molecule has 0 atom stereocenters. The van der Waals surface area contributed by atoms with Crippen LogP contribution in [0.5, 0.6) is 0 Å². The van der Waals surface area contributed by atoms with Gasteiger partial charge in [-0.05, 0) is 157 Å². The topological polar surface area (TPSA) is 150 Å². The first-order valence-electron chi connectivity index (χ1n) is 26.8. The predicted octanol–water partition coefficient (Wildman–Crippen LogP) is 11.0. The van der Waals surface area contributed by atoms with Gasteiger partial charge >= 0.3 is 31.9 Å². The third-order valence-corrected chi connectivity index (χ3v) is 16.4. The van der Waals surface area contributed by atoms with Crippen molar-refractivity contribution >= 4 is 75.2 Å². The SMILES string of the molecule is C=C(C)C(=O)NCCN(Cc1cc(S(=O)(=O)C(F)(F)F)ccc1B1OC(C)(C)C(C)(C)O1)Cc1c2ccccc2c(CN(CCC(=O)OC(C)(C)C)Cc2cc(C)ccc2B2OC(C)(C)C(C)(C)O2)c2ccccc12.C=O.CC(F)(F)F. The molecule has 2 aliphatic rings. The molecule has 0 bridgehead atoms. The molecule has 22 heteroatoms. The highest BCUT2D eigenvalue weighted by atomic mass is 32.2. The summed E-state index contributed by atoms with van der Waals surface area (Å²) in [7, 11) is -7.42. The van der Waals surface area contributed by atoms with Crippen molar-refractivity contribution in [3.05, 3.63) is 125 Å². The van der Waals surface area contributed by atoms with E-state index in [1.54, 1.807) is 6.92 Å². The Bertz CT molecular complexity index is 3140. The predicted molar refractivity (Wildman–Crippen MR) is 309 cm³/mol. The van der Waals surface area contributed by atoms with Crippen LogP contribution in [0.25, 0.3) is 21.5 Å². The molecule has 2 fully saturated rings. The number of hydrogen-bond donors (Lipinski definition) is 1. The Labute approximate surface area is 479 Å². The number of halogens is 6. The molecular weight excluding hydrogens is 1090 g/mol. The van der Waals surface area contributed by atoms with E-state index in [4.69, 9.17) is 28.1 Å². The number of sulfone groups is 1. The first-order chi connectivity index (χ1) is 37.7. The van der Waals surface area contributed by atoms with Crippen molar-refractivity contribution in [3.8, 4) is 0 Å². The molecular formula is C60H77B2F6N3O10S. The average Bonchev–Trinajstić information content (AvgIpc) is 3.88. The van der Waals surface area contributed by atoms with E-state index in [9.17, 15) is 44.3 Å². The molecule has 2 aliphatic heterocycles. The molecule has 1 N–H and O–H groups in total. The summed E-state index contributed by atoms with van der Waals surface area (Å²) >= 11 is 0. The first kappa shape index (κ1) is 67.2. The lowest BCUT2D eigenvalue weighted by atomic mass is 9.75. The molecule has 0 radical (unpaired) electrons. The van der Waals surface area contributed by atoms with E-state index in [1.807, 2.05) is 137 Å². The van der Waals surface area contributed by atoms with Gasteiger partial charge in [0.15, 0.2) is 0 Å². The van der Waals surface area contributed by atoms with Crippen molar-refractivity contribution in [2.45, 2.75) is 174 Å². The van der Waals surface area contributed by atoms with E-state index >= 15 is 0 Å². The standard InChI is InChI=1S/C57H72B2F3N3O9S.C2H3F3.CH2O/c1-37(2)51(67)63-28-30-65(34-40-32-41(75(68,69)57(60,61)62)24-26-49(40)59-73-55(11,12)56(13,14)74-59)36-47-44-21-17-15-19-42(44)46(43-20-16-18-22-45(43)47)35-64(29-27-50(66)70-52(4,5)6)33-39-31-38(3)23-25-48(39)58-71-53(7,8)54(9,10)72-58;1-2(3,4)5;1-2/h15-26,31-32H,1,27-30,33-36H2,2-14H3,(H,63,67);1H3;1H2. The second-order valence-electron chi connectivity index (χ2n) is 23.8. The number of carbonyl (C=O) groups is 3. The van der Waals surface area contributed by atoms with Gasteiger partial charge in [0.25, 0.3) is 9.84 Å². The quantitative estimate of drug-likeness (QED) is 0.0292. The van der Waals surface area contributed by atoms with E-state index in [0.29, 0.717) is 30.7 Å². The lowest BCUT2D eigenvalue weighted by Crippen LogP contribution is -2.41. The number of esters is 1. The van der Waals surface area contributed by atoms with Crippen LogP contribution < -0.4 is 16.2 Å². The van der Waals surface area contributed by atoms with E-state index in [1.165, 1.54) is 6.07 Å². The molecule has 0 saturated carbocycles. The number of aryl methyl sites for hydroxylation is 1. The maximum atomic E-state index is 14.2. The summed E-state index contributed by atoms with van der Waals surface area (Å²) in [6.45, 7) is 32.3. The molecule has 0 spiro atoms. The number of fused-ring (bicyclic) bond motifs is 2. The molecule has 1 amide bonds. The molecule has 2 saturated heterocycles. The zero-order valence-electron chi connectivity index (χ0n) is 49.5. The zero-order valence-corrected chi connectivity index (χ0v) is 50.3. The highest BCUT2D eigenvalue weighted by molar-refractivity contribution is 7.92. The van der Waals surface area contributed by atoms with Gasteiger partial charge in [-0.15, -0.1) is 0 Å². The van der Waals surface area contributed by atoms with Gasteiger partial charge in [0.1, 0.15) is 12.4 Å². The van der Waals surface area contributed by atoms with E-state index in [2.05, 4.69) is 41.1 Å². The molecule has 0 aliphatic carbocycles. The number of rotatable bonds is 18. The third kappa shape index (κ3) is 16.6. The second-order valence-corrected chi connectivity index (χ2v) is 25.8. The van der Waals surface area contributed by atoms with Gasteiger partial charge in [-0.3, -0.25) is 19.4 Å². The fourth-order valence-electron chi connectivity index (χ4n) is 9.42. The Hall–Kier alpha value is -5.61. The van der Waals surface area contributed by atoms with Crippen LogP contribution in [0.4, 0.5) is 26.3 Å². The normalized spacial score (nSPS) is 16.7. The van der Waals surface area contributed by atoms with Crippen molar-refractivity contribution in [1.29, 1.82) is 0 Å². The van der Waals surface area contributed by atoms with Crippen LogP contribution in [0.15, 0.2) is 102 Å². The number of nitrogens with zero attached hydrogens (tertiary/aromatic N) is 2. The lowest BCUT2D eigenvalue weighted by Gasteiger charge is -2.32. The van der Waals surface area contributed by atoms with Crippen LogP contribution >= 0.6 is 0 Å². The van der Waals surface area contributed by atoms with Crippen molar-refractivity contribution in [2.24, 2.45) is 0 Å². The second kappa shape index (κ2) is 25.7. The number of benzene rings is 5. The Balaban J connectivity index is 0.00000167. The number of hydrogen-bond acceptors (Lipinski definition) is 12. The average molecular weight is 1170 g/mol. The molecule has 7 rings (SSSR count). The molecule has 5 aromatic rings. The summed E-state index contributed by atoms with van der Waals surface area (Å²) in [6, 6.07) is 25.6. The minimum atomic E-state index is -5.75. The largest absolute Gasteiger partial charge is 0.501 e. The molecule has 82 heavy (non-hydrogen) atoms. The summed E-state index contributed by atoms with van der Waals surface area (Å²) < 4.78 is 131. The summed E-state index contributed by atoms with van der Waals surface area (Å²) in [4.78, 5) is 37.6. The summed E-state index contributed by atoms with van der Waals surface area (Å²) in [5.41, 5.74) is -3.25. The highest BCUT2D eigenvalue weighted by Gasteiger charge is 2.54. The molecule has 13 nitrogen and oxygen atoms in total. The monoisotopic (exact) mass is 1170 g/mol. The molecule has 0 unspecified atom stereocenters. The molecule has 5 aromatic carbocycles. The van der Waals surface area contributed by atoms with E-state index in [-0.39, 0.29) is 57.0 Å². The van der Waals surface area contributed by atoms with Crippen molar-refractivity contribution < 1.29 is 72.5 Å². The Morgan fingerprint density at radius 1 is 0.622 bits per heavy atom. The van der Waals surface area contributed by atoms with Gasteiger partial charge in [0, 0.05) is 58.3 Å². The van der Waals surface area contributed by atoms with Crippen LogP contribution in [0.2, 0.25) is 0 Å². The van der Waals surface area contributed by atoms with Crippen molar-refractivity contribution in [2.75, 3.05) is 19.6 Å². The fraction of sp³-hybridized carbons (Fsp3) is 0.483. The summed E-state index contributed by atoms with van der Waals surface area (Å²) in [5, 5.41) is 6.58. The lowest BCUT2D eigenvalue weighted by molar-refractivity contribution is -0.155. The van der Waals surface area contributed by atoms with E-state index < -0.39 is 68.7 Å². The Morgan fingerprint density at radius 2 is 1.00 bits per heavy atom. The number of nitrogens with one attached hydrogen (secondary N) is 1. The number of alkyl halides is 6. The highest BCUT2D eigenvalue weighted by Crippen LogP contribution is 2.40. The first-order valence-corrected chi connectivity index (χ1v) is 28.3. The van der Waals surface area contributed by atoms with Crippen LogP contribution in [-0.2, 0) is 73.8 Å². The summed E-state index contributed by atoms with van der Waals surface area (Å²) in [6.07, 6.45) is -3.88. The summed E-state index contributed by atoms with van der Waals surface area (Å²) in [5.74, 6) is -0.688. The van der Waals surface area contributed by atoms with Crippen LogP contribution in [0, 0.1) is 6.92 Å². The van der Waals surface area contributed by atoms with Gasteiger partial charge in [-0.2, -0.15) is 26.3 Å². The number of carbonyl (C=O) groups excluding carboxylic acids is 3. The van der Waals surface area contributed by atoms with Gasteiger partial charge in [0.2, 0.25) is 5.91 Å². The molecule has 0 aromatic heterocycles.